The average Bonchev–Trinajstić information content (AvgIpc) is 2.72. The van der Waals surface area contributed by atoms with Gasteiger partial charge in [0.05, 0.1) is 11.6 Å². The van der Waals surface area contributed by atoms with Crippen molar-refractivity contribution in [3.8, 4) is 0 Å². The van der Waals surface area contributed by atoms with E-state index < -0.39 is 0 Å². The van der Waals surface area contributed by atoms with Crippen molar-refractivity contribution in [1.29, 1.82) is 0 Å². The molecule has 4 rings (SSSR count). The summed E-state index contributed by atoms with van der Waals surface area (Å²) in [6, 6.07) is 18.0. The zero-order valence-corrected chi connectivity index (χ0v) is 15.5. The van der Waals surface area contributed by atoms with Crippen LogP contribution in [0.15, 0.2) is 72.0 Å². The number of fused-ring (bicyclic) bond motifs is 1. The maximum Gasteiger partial charge on any atom is 0.153 e. The zero-order valence-electron chi connectivity index (χ0n) is 15.5. The molecule has 0 fully saturated rings. The highest BCUT2D eigenvalue weighted by molar-refractivity contribution is 5.62. The molecule has 2 unspecified atom stereocenters. The summed E-state index contributed by atoms with van der Waals surface area (Å²) in [5.41, 5.74) is 3.07. The first kappa shape index (κ1) is 17.4. The fraction of sp³-hybridized carbons (Fsp3) is 0.217. The van der Waals surface area contributed by atoms with E-state index in [1.165, 1.54) is 17.8 Å². The Morgan fingerprint density at radius 2 is 1.85 bits per heavy atom. The number of halogens is 1. The summed E-state index contributed by atoms with van der Waals surface area (Å²) < 4.78 is 13.8. The van der Waals surface area contributed by atoms with Crippen LogP contribution in [0, 0.1) is 5.82 Å². The van der Waals surface area contributed by atoms with Gasteiger partial charge in [-0.2, -0.15) is 0 Å². The van der Waals surface area contributed by atoms with Crippen molar-refractivity contribution in [3.63, 3.8) is 0 Å². The van der Waals surface area contributed by atoms with E-state index in [4.69, 9.17) is 4.99 Å². The maximum absolute atomic E-state index is 13.8. The fourth-order valence-corrected chi connectivity index (χ4v) is 3.36. The van der Waals surface area contributed by atoms with E-state index >= 15 is 0 Å². The number of hydrogen-bond donors (Lipinski definition) is 0. The lowest BCUT2D eigenvalue weighted by Gasteiger charge is -2.30. The van der Waals surface area contributed by atoms with Gasteiger partial charge in [-0.05, 0) is 42.2 Å². The van der Waals surface area contributed by atoms with Crippen LogP contribution in [-0.2, 0) is 0 Å². The molecule has 1 aliphatic rings. The third kappa shape index (κ3) is 3.47. The van der Waals surface area contributed by atoms with Gasteiger partial charge in [0, 0.05) is 28.9 Å². The van der Waals surface area contributed by atoms with E-state index in [1.807, 2.05) is 24.3 Å². The van der Waals surface area contributed by atoms with E-state index in [0.29, 0.717) is 5.92 Å². The Bertz CT molecular complexity index is 1060. The second kappa shape index (κ2) is 7.31. The molecular formula is C23H22FN3. The number of nitrogens with zero attached hydrogens (tertiary/aromatic N) is 3. The van der Waals surface area contributed by atoms with E-state index in [9.17, 15) is 4.39 Å². The molecule has 0 radical (unpaired) electrons. The predicted molar refractivity (Wildman–Crippen MR) is 106 cm³/mol. The van der Waals surface area contributed by atoms with Crippen LogP contribution in [0.2, 0.25) is 0 Å². The van der Waals surface area contributed by atoms with Gasteiger partial charge in [-0.1, -0.05) is 44.2 Å². The summed E-state index contributed by atoms with van der Waals surface area (Å²) in [6.45, 7) is 4.43. The van der Waals surface area contributed by atoms with Crippen molar-refractivity contribution in [2.24, 2.45) is 4.99 Å². The highest BCUT2D eigenvalue weighted by atomic mass is 19.1. The summed E-state index contributed by atoms with van der Waals surface area (Å²) in [5, 5.41) is 1.95. The Labute approximate surface area is 158 Å². The SMILES string of the molecule is CCC(C)c1ccc(N2C=c3ccccc3=NC2c2cncc(F)c2)cc1. The molecule has 3 aromatic rings. The van der Waals surface area contributed by atoms with Crippen LogP contribution in [0.25, 0.3) is 6.20 Å². The number of anilines is 1. The first-order chi connectivity index (χ1) is 13.2. The van der Waals surface area contributed by atoms with E-state index in [2.05, 4.69) is 54.2 Å². The van der Waals surface area contributed by atoms with Gasteiger partial charge in [0.1, 0.15) is 5.82 Å². The molecule has 2 heterocycles. The van der Waals surface area contributed by atoms with Gasteiger partial charge in [0.15, 0.2) is 6.17 Å². The number of hydrogen-bond acceptors (Lipinski definition) is 3. The number of pyridine rings is 1. The summed E-state index contributed by atoms with van der Waals surface area (Å²) in [7, 11) is 0. The number of rotatable bonds is 4. The van der Waals surface area contributed by atoms with Crippen molar-refractivity contribution in [3.05, 3.63) is 94.5 Å². The third-order valence-corrected chi connectivity index (χ3v) is 5.14. The first-order valence-electron chi connectivity index (χ1n) is 9.29. The predicted octanol–water partition coefficient (Wildman–Crippen LogP) is 4.31. The van der Waals surface area contributed by atoms with Crippen molar-refractivity contribution in [2.45, 2.75) is 32.4 Å². The van der Waals surface area contributed by atoms with Crippen LogP contribution in [0.1, 0.15) is 43.5 Å². The van der Waals surface area contributed by atoms with Gasteiger partial charge in [-0.15, -0.1) is 0 Å². The summed E-state index contributed by atoms with van der Waals surface area (Å²) in [5.74, 6) is 0.173. The van der Waals surface area contributed by atoms with Crippen molar-refractivity contribution in [2.75, 3.05) is 4.90 Å². The highest BCUT2D eigenvalue weighted by Gasteiger charge is 2.22. The van der Waals surface area contributed by atoms with Gasteiger partial charge in [0.25, 0.3) is 0 Å². The minimum absolute atomic E-state index is 0.349. The van der Waals surface area contributed by atoms with E-state index in [0.717, 1.165) is 28.2 Å². The van der Waals surface area contributed by atoms with Gasteiger partial charge in [0.2, 0.25) is 0 Å². The number of aromatic nitrogens is 1. The largest absolute Gasteiger partial charge is 0.321 e. The Morgan fingerprint density at radius 1 is 1.07 bits per heavy atom. The minimum atomic E-state index is -0.353. The topological polar surface area (TPSA) is 28.5 Å². The summed E-state index contributed by atoms with van der Waals surface area (Å²) >= 11 is 0. The molecule has 0 saturated heterocycles. The maximum atomic E-state index is 13.8. The fourth-order valence-electron chi connectivity index (χ4n) is 3.36. The standard InChI is InChI=1S/C23H22FN3/c1-3-16(2)17-8-10-21(11-9-17)27-15-18-6-4-5-7-22(18)26-23(27)19-12-20(24)14-25-13-19/h4-16,23H,3H2,1-2H3. The van der Waals surface area contributed by atoms with Gasteiger partial charge >= 0.3 is 0 Å². The molecule has 27 heavy (non-hydrogen) atoms. The van der Waals surface area contributed by atoms with Crippen LogP contribution in [0.3, 0.4) is 0 Å². The quantitative estimate of drug-likeness (QED) is 0.694. The second-order valence-corrected chi connectivity index (χ2v) is 6.94. The molecule has 4 heteroatoms. The van der Waals surface area contributed by atoms with E-state index in [-0.39, 0.29) is 12.0 Å². The Morgan fingerprint density at radius 3 is 2.59 bits per heavy atom. The Hall–Kier alpha value is -3.01. The molecule has 3 nitrogen and oxygen atoms in total. The molecule has 2 atom stereocenters. The Balaban J connectivity index is 1.81. The first-order valence-corrected chi connectivity index (χ1v) is 9.29. The zero-order chi connectivity index (χ0) is 18.8. The lowest BCUT2D eigenvalue weighted by molar-refractivity contribution is 0.610. The van der Waals surface area contributed by atoms with E-state index in [1.54, 1.807) is 6.20 Å². The molecule has 0 amide bonds. The van der Waals surface area contributed by atoms with Crippen LogP contribution < -0.4 is 15.5 Å². The molecule has 0 bridgehead atoms. The average molecular weight is 359 g/mol. The molecule has 0 saturated carbocycles. The smallest absolute Gasteiger partial charge is 0.153 e. The molecule has 1 aliphatic heterocycles. The molecular weight excluding hydrogens is 337 g/mol. The molecule has 0 N–H and O–H groups in total. The molecule has 0 aliphatic carbocycles. The summed E-state index contributed by atoms with van der Waals surface area (Å²) in [6.07, 6.45) is 5.73. The molecule has 136 valence electrons. The van der Waals surface area contributed by atoms with Crippen molar-refractivity contribution in [1.82, 2.24) is 4.98 Å². The second-order valence-electron chi connectivity index (χ2n) is 6.94. The molecule has 1 aromatic heterocycles. The summed E-state index contributed by atoms with van der Waals surface area (Å²) in [4.78, 5) is 11.0. The van der Waals surface area contributed by atoms with Gasteiger partial charge in [-0.3, -0.25) is 9.98 Å². The van der Waals surface area contributed by atoms with Crippen molar-refractivity contribution >= 4 is 11.9 Å². The lowest BCUT2D eigenvalue weighted by Crippen LogP contribution is -2.37. The van der Waals surface area contributed by atoms with Crippen LogP contribution in [0.4, 0.5) is 10.1 Å². The van der Waals surface area contributed by atoms with Gasteiger partial charge < -0.3 is 4.90 Å². The number of para-hydroxylation sites is 1. The van der Waals surface area contributed by atoms with Gasteiger partial charge in [-0.25, -0.2) is 4.39 Å². The monoisotopic (exact) mass is 359 g/mol. The molecule has 0 spiro atoms. The van der Waals surface area contributed by atoms with Crippen LogP contribution in [-0.4, -0.2) is 4.98 Å². The third-order valence-electron chi connectivity index (χ3n) is 5.14. The minimum Gasteiger partial charge on any atom is -0.321 e. The molecule has 2 aromatic carbocycles. The Kier molecular flexibility index (Phi) is 4.71. The van der Waals surface area contributed by atoms with Crippen LogP contribution in [0.5, 0.6) is 0 Å². The number of benzene rings is 2. The van der Waals surface area contributed by atoms with Crippen LogP contribution >= 0.6 is 0 Å². The van der Waals surface area contributed by atoms with Crippen molar-refractivity contribution < 1.29 is 4.39 Å². The highest BCUT2D eigenvalue weighted by Crippen LogP contribution is 2.31. The normalized spacial score (nSPS) is 16.9. The lowest BCUT2D eigenvalue weighted by atomic mass is 9.98.